The van der Waals surface area contributed by atoms with Crippen LogP contribution < -0.4 is 15.5 Å². The molecule has 0 spiro atoms. The number of ether oxygens (including phenoxy) is 1. The van der Waals surface area contributed by atoms with E-state index in [1.54, 1.807) is 35.0 Å². The molecule has 200 valence electrons. The summed E-state index contributed by atoms with van der Waals surface area (Å²) in [7, 11) is 0. The van der Waals surface area contributed by atoms with Gasteiger partial charge >= 0.3 is 0 Å². The lowest BCUT2D eigenvalue weighted by Crippen LogP contribution is -2.61. The number of amides is 1. The molecule has 12 heteroatoms. The molecule has 0 radical (unpaired) electrons. The summed E-state index contributed by atoms with van der Waals surface area (Å²) in [5, 5.41) is 31.1. The minimum atomic E-state index is 0.00242. The summed E-state index contributed by atoms with van der Waals surface area (Å²) in [4.78, 5) is 18.7. The summed E-state index contributed by atoms with van der Waals surface area (Å²) in [5.74, 6) is 0.00242. The molecule has 2 N–H and O–H groups in total. The van der Waals surface area contributed by atoms with Crippen molar-refractivity contribution in [2.45, 2.75) is 57.8 Å². The third-order valence-electron chi connectivity index (χ3n) is 7.03. The molecule has 2 saturated heterocycles. The van der Waals surface area contributed by atoms with E-state index in [0.717, 1.165) is 51.1 Å². The summed E-state index contributed by atoms with van der Waals surface area (Å²) in [6.07, 6.45) is 5.02. The molecule has 0 unspecified atom stereocenters. The van der Waals surface area contributed by atoms with Crippen molar-refractivity contribution in [1.82, 2.24) is 30.1 Å². The van der Waals surface area contributed by atoms with Crippen molar-refractivity contribution in [3.63, 3.8) is 0 Å². The molecule has 2 aliphatic heterocycles. The molecular formula is C27H29N9O2S. The lowest BCUT2D eigenvalue weighted by atomic mass is 9.90. The zero-order valence-electron chi connectivity index (χ0n) is 22.0. The molecule has 11 nitrogen and oxygen atoms in total. The molecular weight excluding hydrogens is 514 g/mol. The third-order valence-corrected chi connectivity index (χ3v) is 8.00. The van der Waals surface area contributed by atoms with Gasteiger partial charge in [-0.2, -0.15) is 10.4 Å². The summed E-state index contributed by atoms with van der Waals surface area (Å²) in [5.41, 5.74) is 4.73. The second-order valence-corrected chi connectivity index (χ2v) is 11.3. The Morgan fingerprint density at radius 3 is 2.69 bits per heavy atom. The van der Waals surface area contributed by atoms with Crippen LogP contribution in [0.3, 0.4) is 0 Å². The van der Waals surface area contributed by atoms with E-state index in [2.05, 4.69) is 50.7 Å². The fourth-order valence-electron chi connectivity index (χ4n) is 5.51. The van der Waals surface area contributed by atoms with E-state index < -0.39 is 0 Å². The van der Waals surface area contributed by atoms with Crippen LogP contribution in [0.5, 0.6) is 0 Å². The average Bonchev–Trinajstić information content (AvgIpc) is 3.54. The van der Waals surface area contributed by atoms with E-state index in [1.165, 1.54) is 0 Å². The molecule has 6 heterocycles. The molecule has 0 aliphatic carbocycles. The summed E-state index contributed by atoms with van der Waals surface area (Å²) in [6, 6.07) is 10.5. The second kappa shape index (κ2) is 10.2. The summed E-state index contributed by atoms with van der Waals surface area (Å²) in [6.45, 7) is 6.96. The first kappa shape index (κ1) is 25.2. The van der Waals surface area contributed by atoms with E-state index >= 15 is 0 Å². The standard InChI is InChI=1S/C27H29N9O2S/c1-15(2)31-23-9-24(25-5-4-19-6-17(10-28)11-30-36(19)25)29-12-22(23)26-33-34-27(39-26)35-20-7-18(32-16(3)37)8-21(35)14-38-13-20/h4-6,9,11-12,15,18,20-21H,7-8,13-14H2,1-3H3,(H,29,31)(H,32,37)/t18-,20+,21-. The van der Waals surface area contributed by atoms with E-state index in [-0.39, 0.29) is 30.1 Å². The maximum atomic E-state index is 11.6. The van der Waals surface area contributed by atoms with Gasteiger partial charge in [-0.3, -0.25) is 9.78 Å². The van der Waals surface area contributed by atoms with Gasteiger partial charge in [0.1, 0.15) is 6.07 Å². The molecule has 6 rings (SSSR count). The predicted molar refractivity (Wildman–Crippen MR) is 149 cm³/mol. The van der Waals surface area contributed by atoms with Crippen LogP contribution in [0.2, 0.25) is 0 Å². The molecule has 4 aromatic rings. The van der Waals surface area contributed by atoms with Gasteiger partial charge in [0.25, 0.3) is 0 Å². The van der Waals surface area contributed by atoms with Crippen molar-refractivity contribution in [2.75, 3.05) is 23.4 Å². The monoisotopic (exact) mass is 543 g/mol. The number of piperidine rings is 1. The first-order valence-corrected chi connectivity index (χ1v) is 13.8. The van der Waals surface area contributed by atoms with Gasteiger partial charge in [-0.05, 0) is 51.0 Å². The largest absolute Gasteiger partial charge is 0.382 e. The number of aromatic nitrogens is 5. The zero-order valence-corrected chi connectivity index (χ0v) is 22.8. The second-order valence-electron chi connectivity index (χ2n) is 10.3. The van der Waals surface area contributed by atoms with Gasteiger partial charge in [-0.1, -0.05) is 11.3 Å². The number of morpholine rings is 1. The predicted octanol–water partition coefficient (Wildman–Crippen LogP) is 3.48. The van der Waals surface area contributed by atoms with Crippen LogP contribution in [0.25, 0.3) is 27.5 Å². The molecule has 0 saturated carbocycles. The van der Waals surface area contributed by atoms with E-state index in [0.29, 0.717) is 18.8 Å². The fourth-order valence-corrected chi connectivity index (χ4v) is 6.52. The Bertz CT molecular complexity index is 1560. The number of nitrogens with zero attached hydrogens (tertiary/aromatic N) is 7. The fraction of sp³-hybridized carbons (Fsp3) is 0.407. The number of nitrogens with one attached hydrogen (secondary N) is 2. The number of hydrogen-bond donors (Lipinski definition) is 2. The van der Waals surface area contributed by atoms with Gasteiger partial charge in [0.15, 0.2) is 5.01 Å². The van der Waals surface area contributed by atoms with Crippen LogP contribution in [-0.2, 0) is 9.53 Å². The highest BCUT2D eigenvalue weighted by atomic mass is 32.1. The molecule has 2 fully saturated rings. The number of carbonyl (C=O) groups excluding carboxylic acids is 1. The maximum absolute atomic E-state index is 11.6. The number of rotatable bonds is 6. The minimum Gasteiger partial charge on any atom is -0.382 e. The van der Waals surface area contributed by atoms with Crippen molar-refractivity contribution in [1.29, 1.82) is 5.26 Å². The van der Waals surface area contributed by atoms with Crippen LogP contribution >= 0.6 is 11.3 Å². The molecule has 1 amide bonds. The molecule has 2 bridgehead atoms. The first-order chi connectivity index (χ1) is 18.9. The Labute approximate surface area is 229 Å². The smallest absolute Gasteiger partial charge is 0.217 e. The lowest BCUT2D eigenvalue weighted by Gasteiger charge is -2.48. The van der Waals surface area contributed by atoms with Gasteiger partial charge in [0, 0.05) is 30.9 Å². The first-order valence-electron chi connectivity index (χ1n) is 13.0. The van der Waals surface area contributed by atoms with E-state index in [9.17, 15) is 10.1 Å². The lowest BCUT2D eigenvalue weighted by molar-refractivity contribution is -0.120. The number of nitriles is 1. The molecule has 39 heavy (non-hydrogen) atoms. The normalized spacial score (nSPS) is 20.7. The van der Waals surface area contributed by atoms with Crippen LogP contribution in [-0.4, -0.2) is 68.1 Å². The summed E-state index contributed by atoms with van der Waals surface area (Å²) >= 11 is 1.55. The van der Waals surface area contributed by atoms with Crippen molar-refractivity contribution in [3.8, 4) is 28.0 Å². The van der Waals surface area contributed by atoms with E-state index in [4.69, 9.17) is 9.72 Å². The van der Waals surface area contributed by atoms with Crippen molar-refractivity contribution in [2.24, 2.45) is 0 Å². The van der Waals surface area contributed by atoms with Gasteiger partial charge in [0.05, 0.1) is 59.5 Å². The SMILES string of the molecule is CC(=O)N[C@@H]1C[C@H]2COC[C@@H](C1)N2c1nnc(-c2cnc(-c3ccc4cc(C#N)cnn34)cc2NC(C)C)s1. The van der Waals surface area contributed by atoms with E-state index in [1.807, 2.05) is 24.4 Å². The minimum absolute atomic E-state index is 0.00242. The topological polar surface area (TPSA) is 133 Å². The highest BCUT2D eigenvalue weighted by Gasteiger charge is 2.41. The van der Waals surface area contributed by atoms with Gasteiger partial charge < -0.3 is 20.3 Å². The Balaban J connectivity index is 1.32. The van der Waals surface area contributed by atoms with Gasteiger partial charge in [-0.15, -0.1) is 10.2 Å². The Hall–Kier alpha value is -4.08. The van der Waals surface area contributed by atoms with Crippen LogP contribution in [0.15, 0.2) is 36.7 Å². The van der Waals surface area contributed by atoms with Crippen molar-refractivity contribution >= 4 is 33.6 Å². The average molecular weight is 544 g/mol. The Kier molecular flexibility index (Phi) is 6.62. The summed E-state index contributed by atoms with van der Waals surface area (Å²) < 4.78 is 7.64. The van der Waals surface area contributed by atoms with Crippen LogP contribution in [0.1, 0.15) is 39.2 Å². The highest BCUT2D eigenvalue weighted by Crippen LogP contribution is 2.39. The van der Waals surface area contributed by atoms with Crippen molar-refractivity contribution < 1.29 is 9.53 Å². The Morgan fingerprint density at radius 2 is 1.97 bits per heavy atom. The van der Waals surface area contributed by atoms with Crippen LogP contribution in [0.4, 0.5) is 10.8 Å². The Morgan fingerprint density at radius 1 is 1.18 bits per heavy atom. The quantitative estimate of drug-likeness (QED) is 0.375. The number of pyridine rings is 1. The number of hydrogen-bond acceptors (Lipinski definition) is 10. The molecule has 3 atom stereocenters. The number of anilines is 2. The van der Waals surface area contributed by atoms with Crippen molar-refractivity contribution in [3.05, 3.63) is 42.2 Å². The van der Waals surface area contributed by atoms with Gasteiger partial charge in [-0.25, -0.2) is 4.52 Å². The molecule has 0 aromatic carbocycles. The molecule has 4 aromatic heterocycles. The number of fused-ring (bicyclic) bond motifs is 3. The number of carbonyl (C=O) groups is 1. The van der Waals surface area contributed by atoms with Crippen LogP contribution in [0, 0.1) is 11.3 Å². The van der Waals surface area contributed by atoms with Gasteiger partial charge in [0.2, 0.25) is 11.0 Å². The highest BCUT2D eigenvalue weighted by molar-refractivity contribution is 7.18. The maximum Gasteiger partial charge on any atom is 0.217 e. The third kappa shape index (κ3) is 4.91. The molecule has 2 aliphatic rings. The zero-order chi connectivity index (χ0) is 27.1.